The molecule has 0 aromatic carbocycles. The fourth-order valence-electron chi connectivity index (χ4n) is 1.63. The number of aryl methyl sites for hydroxylation is 1. The fraction of sp³-hybridized carbons (Fsp3) is 0.643. The van der Waals surface area contributed by atoms with Crippen molar-refractivity contribution in [2.75, 3.05) is 6.54 Å². The van der Waals surface area contributed by atoms with E-state index in [1.807, 2.05) is 12.4 Å². The van der Waals surface area contributed by atoms with Crippen molar-refractivity contribution in [1.29, 1.82) is 0 Å². The first-order valence-electron chi connectivity index (χ1n) is 6.45. The monoisotopic (exact) mass is 235 g/mol. The number of nitrogens with one attached hydrogen (secondary N) is 1. The summed E-state index contributed by atoms with van der Waals surface area (Å²) in [5, 5.41) is 3.46. The van der Waals surface area contributed by atoms with Crippen LogP contribution < -0.4 is 5.32 Å². The second-order valence-electron chi connectivity index (χ2n) is 5.35. The van der Waals surface area contributed by atoms with Gasteiger partial charge in [0.05, 0.1) is 0 Å². The van der Waals surface area contributed by atoms with Crippen molar-refractivity contribution in [2.45, 2.75) is 52.6 Å². The minimum Gasteiger partial charge on any atom is -0.332 e. The van der Waals surface area contributed by atoms with Crippen LogP contribution in [0.3, 0.4) is 0 Å². The lowest BCUT2D eigenvalue weighted by molar-refractivity contribution is 0.431. The highest BCUT2D eigenvalue weighted by Crippen LogP contribution is 2.03. The summed E-state index contributed by atoms with van der Waals surface area (Å²) in [6.07, 6.45) is 10.4. The lowest BCUT2D eigenvalue weighted by Crippen LogP contribution is -2.36. The summed E-state index contributed by atoms with van der Waals surface area (Å²) in [5.74, 6) is 1.06. The second-order valence-corrected chi connectivity index (χ2v) is 5.35. The average Bonchev–Trinajstić information content (AvgIpc) is 2.64. The molecule has 0 aliphatic rings. The van der Waals surface area contributed by atoms with E-state index < -0.39 is 0 Å². The zero-order valence-electron chi connectivity index (χ0n) is 11.5. The number of hydrogen-bond acceptors (Lipinski definition) is 2. The first-order valence-corrected chi connectivity index (χ1v) is 6.45. The molecule has 0 unspecified atom stereocenters. The molecule has 0 aliphatic carbocycles. The van der Waals surface area contributed by atoms with E-state index in [1.54, 1.807) is 0 Å². The van der Waals surface area contributed by atoms with Gasteiger partial charge in [0.15, 0.2) is 0 Å². The first kappa shape index (κ1) is 14.0. The number of hydrogen-bond donors (Lipinski definition) is 1. The van der Waals surface area contributed by atoms with Gasteiger partial charge in [0.1, 0.15) is 5.82 Å². The Balaban J connectivity index is 2.35. The SMILES string of the molecule is CCCn1ccnc1C=CCCNC(C)(C)C. The normalized spacial score (nSPS) is 12.5. The minimum absolute atomic E-state index is 0.203. The van der Waals surface area contributed by atoms with Crippen molar-refractivity contribution in [1.82, 2.24) is 14.9 Å². The molecule has 1 aromatic rings. The molecule has 0 atom stereocenters. The Kier molecular flexibility index (Phi) is 5.42. The number of rotatable bonds is 6. The Morgan fingerprint density at radius 1 is 1.41 bits per heavy atom. The average molecular weight is 235 g/mol. The maximum atomic E-state index is 4.34. The summed E-state index contributed by atoms with van der Waals surface area (Å²) >= 11 is 0. The van der Waals surface area contributed by atoms with Crippen molar-refractivity contribution >= 4 is 6.08 Å². The highest BCUT2D eigenvalue weighted by atomic mass is 15.0. The molecule has 17 heavy (non-hydrogen) atoms. The molecule has 3 nitrogen and oxygen atoms in total. The smallest absolute Gasteiger partial charge is 0.132 e. The van der Waals surface area contributed by atoms with E-state index in [0.29, 0.717) is 0 Å². The molecular formula is C14H25N3. The zero-order chi connectivity index (χ0) is 12.7. The van der Waals surface area contributed by atoms with Gasteiger partial charge >= 0.3 is 0 Å². The summed E-state index contributed by atoms with van der Waals surface area (Å²) in [5.41, 5.74) is 0.203. The van der Waals surface area contributed by atoms with Crippen LogP contribution in [0, 0.1) is 0 Å². The van der Waals surface area contributed by atoms with Crippen LogP contribution in [0.2, 0.25) is 0 Å². The molecule has 0 spiro atoms. The molecular weight excluding hydrogens is 210 g/mol. The van der Waals surface area contributed by atoms with Crippen molar-refractivity contribution in [3.8, 4) is 0 Å². The van der Waals surface area contributed by atoms with Gasteiger partial charge in [-0.25, -0.2) is 4.98 Å². The van der Waals surface area contributed by atoms with Gasteiger partial charge in [-0.15, -0.1) is 0 Å². The van der Waals surface area contributed by atoms with E-state index in [0.717, 1.165) is 31.8 Å². The number of imidazole rings is 1. The molecule has 1 heterocycles. The quantitative estimate of drug-likeness (QED) is 0.768. The topological polar surface area (TPSA) is 29.9 Å². The van der Waals surface area contributed by atoms with Gasteiger partial charge in [0, 0.05) is 24.5 Å². The Hall–Kier alpha value is -1.09. The van der Waals surface area contributed by atoms with Gasteiger partial charge in [0.2, 0.25) is 0 Å². The predicted molar refractivity (Wildman–Crippen MR) is 73.9 cm³/mol. The third-order valence-electron chi connectivity index (χ3n) is 2.45. The van der Waals surface area contributed by atoms with Gasteiger partial charge in [-0.1, -0.05) is 13.0 Å². The van der Waals surface area contributed by atoms with Crippen LogP contribution in [-0.4, -0.2) is 21.6 Å². The third-order valence-corrected chi connectivity index (χ3v) is 2.45. The van der Waals surface area contributed by atoms with Gasteiger partial charge in [-0.3, -0.25) is 0 Å². The van der Waals surface area contributed by atoms with E-state index in [1.165, 1.54) is 0 Å². The second kappa shape index (κ2) is 6.60. The standard InChI is InChI=1S/C14H25N3/c1-5-11-17-12-10-15-13(17)8-6-7-9-16-14(2,3)4/h6,8,10,12,16H,5,7,9,11H2,1-4H3. The van der Waals surface area contributed by atoms with Crippen LogP contribution in [0.25, 0.3) is 6.08 Å². The molecule has 96 valence electrons. The molecule has 0 aliphatic heterocycles. The van der Waals surface area contributed by atoms with E-state index >= 15 is 0 Å². The van der Waals surface area contributed by atoms with Crippen molar-refractivity contribution in [3.63, 3.8) is 0 Å². The van der Waals surface area contributed by atoms with E-state index in [2.05, 4.69) is 54.7 Å². The van der Waals surface area contributed by atoms with Gasteiger partial charge in [-0.2, -0.15) is 0 Å². The molecule has 0 saturated heterocycles. The van der Waals surface area contributed by atoms with Crippen LogP contribution in [0.5, 0.6) is 0 Å². The lowest BCUT2D eigenvalue weighted by atomic mass is 10.1. The Morgan fingerprint density at radius 2 is 2.18 bits per heavy atom. The molecule has 0 amide bonds. The molecule has 1 N–H and O–H groups in total. The van der Waals surface area contributed by atoms with Gasteiger partial charge in [-0.05, 0) is 46.2 Å². The summed E-state index contributed by atoms with van der Waals surface area (Å²) in [6.45, 7) is 10.8. The van der Waals surface area contributed by atoms with Gasteiger partial charge in [0.25, 0.3) is 0 Å². The molecule has 3 heteroatoms. The van der Waals surface area contributed by atoms with E-state index in [9.17, 15) is 0 Å². The van der Waals surface area contributed by atoms with Crippen LogP contribution in [-0.2, 0) is 6.54 Å². The molecule has 1 rings (SSSR count). The Morgan fingerprint density at radius 3 is 2.82 bits per heavy atom. The highest BCUT2D eigenvalue weighted by Gasteiger charge is 2.06. The molecule has 0 fully saturated rings. The van der Waals surface area contributed by atoms with Crippen LogP contribution in [0.4, 0.5) is 0 Å². The maximum absolute atomic E-state index is 4.34. The highest BCUT2D eigenvalue weighted by molar-refractivity contribution is 5.40. The molecule has 0 radical (unpaired) electrons. The fourth-order valence-corrected chi connectivity index (χ4v) is 1.63. The largest absolute Gasteiger partial charge is 0.332 e. The van der Waals surface area contributed by atoms with Crippen molar-refractivity contribution in [2.24, 2.45) is 0 Å². The first-order chi connectivity index (χ1) is 8.03. The summed E-state index contributed by atoms with van der Waals surface area (Å²) < 4.78 is 2.19. The summed E-state index contributed by atoms with van der Waals surface area (Å²) in [7, 11) is 0. The maximum Gasteiger partial charge on any atom is 0.132 e. The third kappa shape index (κ3) is 5.68. The van der Waals surface area contributed by atoms with Crippen LogP contribution >= 0.6 is 0 Å². The summed E-state index contributed by atoms with van der Waals surface area (Å²) in [4.78, 5) is 4.34. The lowest BCUT2D eigenvalue weighted by Gasteiger charge is -2.19. The number of nitrogens with zero attached hydrogens (tertiary/aromatic N) is 2. The zero-order valence-corrected chi connectivity index (χ0v) is 11.5. The van der Waals surface area contributed by atoms with E-state index in [4.69, 9.17) is 0 Å². The molecule has 0 saturated carbocycles. The number of aromatic nitrogens is 2. The Bertz CT molecular complexity index is 345. The van der Waals surface area contributed by atoms with Gasteiger partial charge < -0.3 is 9.88 Å². The Labute approximate surface area is 105 Å². The van der Waals surface area contributed by atoms with Crippen molar-refractivity contribution < 1.29 is 0 Å². The van der Waals surface area contributed by atoms with Crippen molar-refractivity contribution in [3.05, 3.63) is 24.3 Å². The summed E-state index contributed by atoms with van der Waals surface area (Å²) in [6, 6.07) is 0. The predicted octanol–water partition coefficient (Wildman–Crippen LogP) is 3.08. The molecule has 1 aromatic heterocycles. The minimum atomic E-state index is 0.203. The van der Waals surface area contributed by atoms with Crippen LogP contribution in [0.1, 0.15) is 46.4 Å². The van der Waals surface area contributed by atoms with Crippen LogP contribution in [0.15, 0.2) is 18.5 Å². The molecule has 0 bridgehead atoms. The van der Waals surface area contributed by atoms with E-state index in [-0.39, 0.29) is 5.54 Å².